The Bertz CT molecular complexity index is 803. The van der Waals surface area contributed by atoms with Gasteiger partial charge < -0.3 is 10.5 Å². The van der Waals surface area contributed by atoms with Crippen LogP contribution in [0.15, 0.2) is 52.4 Å². The number of methoxy groups -OCH3 is 1. The van der Waals surface area contributed by atoms with Crippen molar-refractivity contribution in [1.29, 1.82) is 0 Å². The van der Waals surface area contributed by atoms with E-state index in [1.807, 2.05) is 6.92 Å². The molecule has 0 bridgehead atoms. The number of thiol groups is 1. The lowest BCUT2D eigenvalue weighted by molar-refractivity contribution is 0.417. The predicted octanol–water partition coefficient (Wildman–Crippen LogP) is 4.03. The molecule has 150 valence electrons. The number of aliphatic imine (C=N–C) groups is 1. The van der Waals surface area contributed by atoms with Gasteiger partial charge in [0.1, 0.15) is 5.75 Å². The van der Waals surface area contributed by atoms with Crippen LogP contribution in [0, 0.1) is 0 Å². The highest BCUT2D eigenvalue weighted by atomic mass is 32.2. The molecular weight excluding hydrogens is 382 g/mol. The molecule has 0 unspecified atom stereocenters. The van der Waals surface area contributed by atoms with Crippen molar-refractivity contribution in [2.24, 2.45) is 10.1 Å². The Labute approximate surface area is 168 Å². The van der Waals surface area contributed by atoms with Crippen molar-refractivity contribution in [3.63, 3.8) is 0 Å². The fourth-order valence-electron chi connectivity index (χ4n) is 1.68. The summed E-state index contributed by atoms with van der Waals surface area (Å²) in [4.78, 5) is 4.30. The largest absolute Gasteiger partial charge is 0.495 e. The number of nitrogens with zero attached hydrogens (tertiary/aromatic N) is 1. The van der Waals surface area contributed by atoms with Crippen LogP contribution in [0.2, 0.25) is 0 Å². The third-order valence-electron chi connectivity index (χ3n) is 2.79. The van der Waals surface area contributed by atoms with Gasteiger partial charge in [-0.05, 0) is 47.7 Å². The molecule has 0 fully saturated rings. The van der Waals surface area contributed by atoms with E-state index in [0.29, 0.717) is 17.1 Å². The van der Waals surface area contributed by atoms with E-state index in [1.165, 1.54) is 18.6 Å². The average molecular weight is 412 g/mol. The summed E-state index contributed by atoms with van der Waals surface area (Å²) in [7, 11) is -2.14. The van der Waals surface area contributed by atoms with Crippen molar-refractivity contribution in [2.45, 2.75) is 32.1 Å². The predicted molar refractivity (Wildman–Crippen MR) is 118 cm³/mol. The monoisotopic (exact) mass is 411 g/mol. The van der Waals surface area contributed by atoms with Crippen LogP contribution in [0.25, 0.3) is 0 Å². The van der Waals surface area contributed by atoms with Crippen LogP contribution in [-0.4, -0.2) is 27.5 Å². The number of sulfonamides is 1. The molecule has 0 saturated heterocycles. The van der Waals surface area contributed by atoms with Gasteiger partial charge in [0.2, 0.25) is 10.0 Å². The Kier molecular flexibility index (Phi) is 12.2. The van der Waals surface area contributed by atoms with Gasteiger partial charge in [-0.2, -0.15) is 12.6 Å². The van der Waals surface area contributed by atoms with Crippen LogP contribution < -0.4 is 15.6 Å². The van der Waals surface area contributed by atoms with Crippen molar-refractivity contribution in [1.82, 2.24) is 0 Å². The summed E-state index contributed by atoms with van der Waals surface area (Å²) >= 11 is 3.79. The van der Waals surface area contributed by atoms with Crippen LogP contribution in [0.4, 0.5) is 11.4 Å². The lowest BCUT2D eigenvalue weighted by Gasteiger charge is -2.04. The lowest BCUT2D eigenvalue weighted by atomic mass is 10.2. The van der Waals surface area contributed by atoms with Gasteiger partial charge in [0.25, 0.3) is 0 Å². The standard InChI is InChI=1S/C14H15N3O3S.C3H8.C2H6S/c1-20-14-8-10(2-7-13(14)15)9-17-11-3-5-12(6-4-11)21(16,18)19;1-3-2;1-2-3/h2-9H,15H2,1H3,(H2,16,18,19);3H2,1-2H3;3H,2H2,1H3. The van der Waals surface area contributed by atoms with Crippen LogP contribution in [-0.2, 0) is 10.0 Å². The first-order valence-corrected chi connectivity index (χ1v) is 10.6. The summed E-state index contributed by atoms with van der Waals surface area (Å²) in [5, 5.41) is 5.03. The highest BCUT2D eigenvalue weighted by molar-refractivity contribution is 7.89. The number of rotatable bonds is 4. The summed E-state index contributed by atoms with van der Waals surface area (Å²) in [5.41, 5.74) is 7.70. The van der Waals surface area contributed by atoms with Crippen molar-refractivity contribution in [2.75, 3.05) is 18.6 Å². The summed E-state index contributed by atoms with van der Waals surface area (Å²) < 4.78 is 27.4. The van der Waals surface area contributed by atoms with Crippen molar-refractivity contribution in [3.8, 4) is 5.75 Å². The Morgan fingerprint density at radius 3 is 2.07 bits per heavy atom. The second-order valence-electron chi connectivity index (χ2n) is 5.32. The first-order chi connectivity index (χ1) is 12.7. The van der Waals surface area contributed by atoms with E-state index in [1.54, 1.807) is 43.7 Å². The smallest absolute Gasteiger partial charge is 0.238 e. The molecule has 27 heavy (non-hydrogen) atoms. The Morgan fingerprint density at radius 1 is 1.11 bits per heavy atom. The van der Waals surface area contributed by atoms with E-state index in [9.17, 15) is 8.42 Å². The van der Waals surface area contributed by atoms with Gasteiger partial charge in [-0.15, -0.1) is 0 Å². The molecule has 0 aliphatic rings. The fourth-order valence-corrected chi connectivity index (χ4v) is 2.19. The van der Waals surface area contributed by atoms with Gasteiger partial charge in [0.05, 0.1) is 23.4 Å². The third-order valence-corrected chi connectivity index (χ3v) is 3.71. The Morgan fingerprint density at radius 2 is 1.63 bits per heavy atom. The number of nitrogen functional groups attached to an aromatic ring is 1. The number of ether oxygens (including phenoxy) is 1. The van der Waals surface area contributed by atoms with Crippen molar-refractivity contribution >= 4 is 40.2 Å². The maximum Gasteiger partial charge on any atom is 0.238 e. The van der Waals surface area contributed by atoms with E-state index in [0.717, 1.165) is 11.3 Å². The summed E-state index contributed by atoms with van der Waals surface area (Å²) in [6, 6.07) is 11.3. The Hall–Kier alpha value is -2.03. The molecule has 2 aromatic rings. The number of primary sulfonamides is 1. The Balaban J connectivity index is 0.000000997. The number of hydrogen-bond donors (Lipinski definition) is 3. The summed E-state index contributed by atoms with van der Waals surface area (Å²) in [5.74, 6) is 1.52. The maximum atomic E-state index is 11.1. The van der Waals surface area contributed by atoms with Gasteiger partial charge >= 0.3 is 0 Å². The van der Waals surface area contributed by atoms with Crippen LogP contribution >= 0.6 is 12.6 Å². The third kappa shape index (κ3) is 10.0. The van der Waals surface area contributed by atoms with E-state index < -0.39 is 10.0 Å². The zero-order chi connectivity index (χ0) is 20.9. The fraction of sp³-hybridized carbons (Fsp3) is 0.316. The quantitative estimate of drug-likeness (QED) is 0.401. The van der Waals surface area contributed by atoms with E-state index in [-0.39, 0.29) is 4.90 Å². The molecule has 6 nitrogen and oxygen atoms in total. The topological polar surface area (TPSA) is 108 Å². The first-order valence-electron chi connectivity index (χ1n) is 8.44. The number of benzene rings is 2. The maximum absolute atomic E-state index is 11.1. The highest BCUT2D eigenvalue weighted by Crippen LogP contribution is 2.22. The molecule has 0 aliphatic carbocycles. The molecule has 8 heteroatoms. The van der Waals surface area contributed by atoms with Gasteiger partial charge in [0, 0.05) is 6.21 Å². The normalized spacial score (nSPS) is 10.4. The number of nitrogens with two attached hydrogens (primary N) is 2. The number of hydrogen-bond acceptors (Lipinski definition) is 6. The van der Waals surface area contributed by atoms with E-state index >= 15 is 0 Å². The second kappa shape index (κ2) is 13.2. The molecule has 0 radical (unpaired) electrons. The van der Waals surface area contributed by atoms with Gasteiger partial charge in [0.15, 0.2) is 0 Å². The van der Waals surface area contributed by atoms with Crippen LogP contribution in [0.3, 0.4) is 0 Å². The molecule has 4 N–H and O–H groups in total. The van der Waals surface area contributed by atoms with Gasteiger partial charge in [-0.3, -0.25) is 4.99 Å². The van der Waals surface area contributed by atoms with Crippen molar-refractivity contribution in [3.05, 3.63) is 48.0 Å². The average Bonchev–Trinajstić information content (AvgIpc) is 2.62. The number of anilines is 1. The zero-order valence-corrected chi connectivity index (χ0v) is 17.9. The summed E-state index contributed by atoms with van der Waals surface area (Å²) in [6.45, 7) is 6.24. The summed E-state index contributed by atoms with van der Waals surface area (Å²) in [6.07, 6.45) is 2.88. The van der Waals surface area contributed by atoms with Crippen LogP contribution in [0.5, 0.6) is 5.75 Å². The minimum absolute atomic E-state index is 0.0515. The van der Waals surface area contributed by atoms with Crippen LogP contribution in [0.1, 0.15) is 32.8 Å². The van der Waals surface area contributed by atoms with Gasteiger partial charge in [-0.1, -0.05) is 33.3 Å². The minimum atomic E-state index is -3.68. The molecule has 2 aromatic carbocycles. The molecule has 0 aromatic heterocycles. The van der Waals surface area contributed by atoms with E-state index in [4.69, 9.17) is 15.6 Å². The zero-order valence-electron chi connectivity index (χ0n) is 16.2. The SMILES string of the molecule is CCC.CCS.COc1cc(C=Nc2ccc(S(N)(=O)=O)cc2)ccc1N. The molecule has 0 atom stereocenters. The molecule has 0 aliphatic heterocycles. The molecular formula is C19H29N3O3S2. The van der Waals surface area contributed by atoms with E-state index in [2.05, 4.69) is 31.5 Å². The molecule has 0 amide bonds. The molecule has 0 heterocycles. The first kappa shape index (κ1) is 25.0. The van der Waals surface area contributed by atoms with Gasteiger partial charge in [-0.25, -0.2) is 13.6 Å². The van der Waals surface area contributed by atoms with Crippen molar-refractivity contribution < 1.29 is 13.2 Å². The highest BCUT2D eigenvalue weighted by Gasteiger charge is 2.06. The lowest BCUT2D eigenvalue weighted by Crippen LogP contribution is -2.11. The minimum Gasteiger partial charge on any atom is -0.495 e. The molecule has 0 saturated carbocycles. The molecule has 0 spiro atoms. The second-order valence-corrected chi connectivity index (χ2v) is 7.52. The molecule has 2 rings (SSSR count).